The van der Waals surface area contributed by atoms with Gasteiger partial charge in [-0.25, -0.2) is 0 Å². The molecule has 0 aliphatic heterocycles. The normalized spacial score (nSPS) is 12.1. The maximum atomic E-state index is 5.85. The average molecular weight is 290 g/mol. The van der Waals surface area contributed by atoms with Crippen molar-refractivity contribution in [3.8, 4) is 0 Å². The van der Waals surface area contributed by atoms with Gasteiger partial charge in [0.1, 0.15) is 0 Å². The molecule has 1 aromatic carbocycles. The minimum absolute atomic E-state index is 0.109. The number of hydrogen-bond acceptors (Lipinski definition) is 2. The van der Waals surface area contributed by atoms with E-state index in [1.54, 1.807) is 0 Å². The van der Waals surface area contributed by atoms with Gasteiger partial charge >= 0.3 is 0 Å². The summed E-state index contributed by atoms with van der Waals surface area (Å²) in [6, 6.07) is 10.5. The third-order valence-electron chi connectivity index (χ3n) is 3.45. The van der Waals surface area contributed by atoms with Crippen LogP contribution in [0.15, 0.2) is 36.4 Å². The Kier molecular flexibility index (Phi) is 9.84. The monoisotopic (exact) mass is 290 g/mol. The maximum absolute atomic E-state index is 5.85. The zero-order valence-corrected chi connectivity index (χ0v) is 13.8. The van der Waals surface area contributed by atoms with E-state index in [1.165, 1.54) is 11.1 Å². The number of hydrogen-bond donors (Lipinski definition) is 0. The summed E-state index contributed by atoms with van der Waals surface area (Å²) in [7, 11) is 0. The van der Waals surface area contributed by atoms with Gasteiger partial charge in [0.05, 0.1) is 0 Å². The lowest BCUT2D eigenvalue weighted by Gasteiger charge is -2.17. The summed E-state index contributed by atoms with van der Waals surface area (Å²) >= 11 is 0. The average Bonchev–Trinajstić information content (AvgIpc) is 2.53. The molecule has 2 heteroatoms. The highest BCUT2D eigenvalue weighted by Gasteiger charge is 2.08. The van der Waals surface area contributed by atoms with E-state index < -0.39 is 0 Å². The molecule has 0 aromatic heterocycles. The van der Waals surface area contributed by atoms with Crippen LogP contribution in [0.2, 0.25) is 0 Å². The topological polar surface area (TPSA) is 18.5 Å². The highest BCUT2D eigenvalue weighted by atomic mass is 16.7. The van der Waals surface area contributed by atoms with E-state index >= 15 is 0 Å². The van der Waals surface area contributed by atoms with Gasteiger partial charge in [-0.05, 0) is 30.9 Å². The van der Waals surface area contributed by atoms with Crippen LogP contribution in [0.1, 0.15) is 58.4 Å². The number of ether oxygens (including phenoxy) is 2. The lowest BCUT2D eigenvalue weighted by Crippen LogP contribution is -2.18. The molecule has 1 rings (SSSR count). The van der Waals surface area contributed by atoms with E-state index in [0.717, 1.165) is 45.3 Å². The van der Waals surface area contributed by atoms with Crippen molar-refractivity contribution >= 4 is 5.57 Å². The highest BCUT2D eigenvalue weighted by Crippen LogP contribution is 2.15. The molecule has 0 heterocycles. The molecule has 0 N–H and O–H groups in total. The summed E-state index contributed by atoms with van der Waals surface area (Å²) in [5, 5.41) is 0. The predicted octanol–water partition coefficient (Wildman–Crippen LogP) is 5.44. The Morgan fingerprint density at radius 1 is 1.00 bits per heavy atom. The van der Waals surface area contributed by atoms with Crippen LogP contribution < -0.4 is 0 Å². The van der Waals surface area contributed by atoms with Gasteiger partial charge in [0.25, 0.3) is 0 Å². The molecule has 0 aliphatic rings. The molecule has 0 atom stereocenters. The van der Waals surface area contributed by atoms with Gasteiger partial charge in [0.15, 0.2) is 6.29 Å². The van der Waals surface area contributed by atoms with Gasteiger partial charge in [-0.15, -0.1) is 0 Å². The second-order valence-electron chi connectivity index (χ2n) is 5.37. The Bertz CT molecular complexity index is 374. The number of unbranched alkanes of at least 4 members (excludes halogenated alkanes) is 2. The van der Waals surface area contributed by atoms with Crippen LogP contribution in [0.4, 0.5) is 0 Å². The molecule has 1 aromatic rings. The van der Waals surface area contributed by atoms with Crippen LogP contribution in [-0.4, -0.2) is 19.5 Å². The molecule has 0 amide bonds. The quantitative estimate of drug-likeness (QED) is 0.399. The van der Waals surface area contributed by atoms with Crippen LogP contribution in [0.3, 0.4) is 0 Å². The van der Waals surface area contributed by atoms with Gasteiger partial charge in [-0.3, -0.25) is 0 Å². The van der Waals surface area contributed by atoms with E-state index in [1.807, 2.05) is 6.07 Å². The van der Waals surface area contributed by atoms with Crippen molar-refractivity contribution in [1.29, 1.82) is 0 Å². The first kappa shape index (κ1) is 17.9. The van der Waals surface area contributed by atoms with Gasteiger partial charge in [-0.2, -0.15) is 0 Å². The SMILES string of the molecule is CCCCOC(C/C=C(/C)c1ccccc1)OCCCC. The van der Waals surface area contributed by atoms with Gasteiger partial charge in [0.2, 0.25) is 0 Å². The predicted molar refractivity (Wildman–Crippen MR) is 90.2 cm³/mol. The number of allylic oxidation sites excluding steroid dienone is 1. The van der Waals surface area contributed by atoms with Crippen molar-refractivity contribution in [2.24, 2.45) is 0 Å². The molecule has 0 fully saturated rings. The first-order valence-corrected chi connectivity index (χ1v) is 8.23. The smallest absolute Gasteiger partial charge is 0.160 e. The fourth-order valence-corrected chi connectivity index (χ4v) is 1.99. The fraction of sp³-hybridized carbons (Fsp3) is 0.579. The van der Waals surface area contributed by atoms with Gasteiger partial charge in [-0.1, -0.05) is 63.1 Å². The van der Waals surface area contributed by atoms with Crippen molar-refractivity contribution in [2.45, 2.75) is 59.2 Å². The molecule has 0 bridgehead atoms. The molecule has 2 nitrogen and oxygen atoms in total. The van der Waals surface area contributed by atoms with Crippen LogP contribution >= 0.6 is 0 Å². The second-order valence-corrected chi connectivity index (χ2v) is 5.37. The zero-order valence-electron chi connectivity index (χ0n) is 13.8. The Morgan fingerprint density at radius 2 is 1.57 bits per heavy atom. The van der Waals surface area contributed by atoms with E-state index in [9.17, 15) is 0 Å². The molecule has 0 radical (unpaired) electrons. The third kappa shape index (κ3) is 8.03. The van der Waals surface area contributed by atoms with Crippen molar-refractivity contribution in [2.75, 3.05) is 13.2 Å². The lowest BCUT2D eigenvalue weighted by atomic mass is 10.1. The van der Waals surface area contributed by atoms with Gasteiger partial charge < -0.3 is 9.47 Å². The molecule has 0 saturated carbocycles. The van der Waals surface area contributed by atoms with Crippen molar-refractivity contribution < 1.29 is 9.47 Å². The highest BCUT2D eigenvalue weighted by molar-refractivity contribution is 5.63. The first-order valence-electron chi connectivity index (χ1n) is 8.23. The Morgan fingerprint density at radius 3 is 2.10 bits per heavy atom. The summed E-state index contributed by atoms with van der Waals surface area (Å²) in [6.07, 6.45) is 7.42. The minimum Gasteiger partial charge on any atom is -0.352 e. The molecular weight excluding hydrogens is 260 g/mol. The summed E-state index contributed by atoms with van der Waals surface area (Å²) in [6.45, 7) is 8.06. The standard InChI is InChI=1S/C19H30O2/c1-4-6-15-20-19(21-16-7-5-2)14-13-17(3)18-11-9-8-10-12-18/h8-13,19H,4-7,14-16H2,1-3H3/b17-13-. The molecule has 118 valence electrons. The van der Waals surface area contributed by atoms with E-state index in [-0.39, 0.29) is 6.29 Å². The summed E-state index contributed by atoms with van der Waals surface area (Å²) in [5.74, 6) is 0. The number of benzene rings is 1. The first-order chi connectivity index (χ1) is 10.3. The number of rotatable bonds is 11. The summed E-state index contributed by atoms with van der Waals surface area (Å²) < 4.78 is 11.7. The molecule has 21 heavy (non-hydrogen) atoms. The lowest BCUT2D eigenvalue weighted by molar-refractivity contribution is -0.140. The molecule has 0 spiro atoms. The third-order valence-corrected chi connectivity index (χ3v) is 3.45. The fourth-order valence-electron chi connectivity index (χ4n) is 1.99. The molecule has 0 aliphatic carbocycles. The van der Waals surface area contributed by atoms with Crippen molar-refractivity contribution in [1.82, 2.24) is 0 Å². The van der Waals surface area contributed by atoms with Crippen molar-refractivity contribution in [3.05, 3.63) is 42.0 Å². The Balaban J connectivity index is 2.49. The Labute approximate surface area is 130 Å². The molecule has 0 unspecified atom stereocenters. The largest absolute Gasteiger partial charge is 0.352 e. The van der Waals surface area contributed by atoms with E-state index in [4.69, 9.17) is 9.47 Å². The summed E-state index contributed by atoms with van der Waals surface area (Å²) in [4.78, 5) is 0. The molecular formula is C19H30O2. The van der Waals surface area contributed by atoms with Crippen LogP contribution in [0.5, 0.6) is 0 Å². The minimum atomic E-state index is -0.109. The summed E-state index contributed by atoms with van der Waals surface area (Å²) in [5.41, 5.74) is 2.54. The van der Waals surface area contributed by atoms with Crippen molar-refractivity contribution in [3.63, 3.8) is 0 Å². The van der Waals surface area contributed by atoms with Crippen LogP contribution in [-0.2, 0) is 9.47 Å². The molecule has 0 saturated heterocycles. The van der Waals surface area contributed by atoms with E-state index in [2.05, 4.69) is 51.1 Å². The Hall–Kier alpha value is -1.12. The zero-order chi connectivity index (χ0) is 15.3. The van der Waals surface area contributed by atoms with Crippen LogP contribution in [0.25, 0.3) is 5.57 Å². The van der Waals surface area contributed by atoms with Gasteiger partial charge in [0, 0.05) is 19.6 Å². The van der Waals surface area contributed by atoms with E-state index in [0.29, 0.717) is 0 Å². The van der Waals surface area contributed by atoms with Crippen LogP contribution in [0, 0.1) is 0 Å². The second kappa shape index (κ2) is 11.5. The maximum Gasteiger partial charge on any atom is 0.160 e.